The van der Waals surface area contributed by atoms with Crippen LogP contribution < -0.4 is 9.64 Å². The summed E-state index contributed by atoms with van der Waals surface area (Å²) in [4.78, 5) is 2.08. The first kappa shape index (κ1) is 18.6. The Labute approximate surface area is 164 Å². The molecule has 0 radical (unpaired) electrons. The van der Waals surface area contributed by atoms with E-state index in [-0.39, 0.29) is 11.9 Å². The van der Waals surface area contributed by atoms with Crippen molar-refractivity contribution in [3.8, 4) is 5.75 Å². The summed E-state index contributed by atoms with van der Waals surface area (Å²) in [5, 5.41) is 11.3. The zero-order valence-electron chi connectivity index (χ0n) is 16.2. The van der Waals surface area contributed by atoms with E-state index in [1.165, 1.54) is 12.1 Å². The Morgan fingerprint density at radius 3 is 2.43 bits per heavy atom. The number of ether oxygens (including phenoxy) is 1. The van der Waals surface area contributed by atoms with Crippen molar-refractivity contribution in [3.05, 3.63) is 84.1 Å². The van der Waals surface area contributed by atoms with E-state index in [0.717, 1.165) is 22.8 Å². The number of aliphatic hydroxyl groups excluding tert-OH is 1. The number of furan rings is 1. The van der Waals surface area contributed by atoms with Gasteiger partial charge in [-0.25, -0.2) is 4.39 Å². The molecule has 1 N–H and O–H groups in total. The highest BCUT2D eigenvalue weighted by Gasteiger charge is 2.46. The van der Waals surface area contributed by atoms with Crippen LogP contribution >= 0.6 is 0 Å². The molecule has 0 fully saturated rings. The van der Waals surface area contributed by atoms with Gasteiger partial charge in [0.1, 0.15) is 29.0 Å². The molecule has 0 bridgehead atoms. The summed E-state index contributed by atoms with van der Waals surface area (Å²) in [6.45, 7) is 5.77. The van der Waals surface area contributed by atoms with E-state index in [2.05, 4.69) is 4.90 Å². The molecule has 2 aromatic carbocycles. The summed E-state index contributed by atoms with van der Waals surface area (Å²) < 4.78 is 25.3. The quantitative estimate of drug-likeness (QED) is 0.670. The van der Waals surface area contributed by atoms with Crippen LogP contribution in [-0.2, 0) is 0 Å². The molecular formula is C23H24FNO3. The number of aliphatic hydroxyl groups is 1. The molecule has 5 heteroatoms. The van der Waals surface area contributed by atoms with Gasteiger partial charge in [0.25, 0.3) is 0 Å². The molecule has 1 aliphatic heterocycles. The highest BCUT2D eigenvalue weighted by atomic mass is 19.1. The van der Waals surface area contributed by atoms with Gasteiger partial charge in [0.05, 0.1) is 18.3 Å². The third kappa shape index (κ3) is 3.16. The average Bonchev–Trinajstić information content (AvgIpc) is 3.21. The Balaban J connectivity index is 1.89. The van der Waals surface area contributed by atoms with Crippen LogP contribution in [0.1, 0.15) is 44.2 Å². The minimum absolute atomic E-state index is 0.193. The molecule has 0 spiro atoms. The molecule has 146 valence electrons. The molecule has 3 unspecified atom stereocenters. The average molecular weight is 381 g/mol. The Hall–Kier alpha value is -2.79. The smallest absolute Gasteiger partial charge is 0.132 e. The van der Waals surface area contributed by atoms with Crippen LogP contribution in [-0.4, -0.2) is 16.8 Å². The number of fused-ring (bicyclic) bond motifs is 1. The lowest BCUT2D eigenvalue weighted by atomic mass is 9.84. The number of para-hydroxylation sites is 1. The zero-order chi connectivity index (χ0) is 19.9. The van der Waals surface area contributed by atoms with Gasteiger partial charge in [-0.2, -0.15) is 0 Å². The highest BCUT2D eigenvalue weighted by molar-refractivity contribution is 5.54. The van der Waals surface area contributed by atoms with Crippen LogP contribution in [0.2, 0.25) is 0 Å². The number of halogens is 1. The molecule has 0 saturated heterocycles. The van der Waals surface area contributed by atoms with E-state index in [1.54, 1.807) is 18.4 Å². The van der Waals surface area contributed by atoms with Crippen molar-refractivity contribution in [2.24, 2.45) is 0 Å². The number of hydrogen-bond acceptors (Lipinski definition) is 4. The lowest BCUT2D eigenvalue weighted by Crippen LogP contribution is -2.54. The number of hydrogen-bond donors (Lipinski definition) is 1. The molecule has 1 aromatic heterocycles. The van der Waals surface area contributed by atoms with E-state index in [4.69, 9.17) is 9.15 Å². The summed E-state index contributed by atoms with van der Waals surface area (Å²) >= 11 is 0. The van der Waals surface area contributed by atoms with Gasteiger partial charge < -0.3 is 19.2 Å². The standard InChI is InChI=1S/C23H24FNO3/c1-15(19-9-6-14-27-19)25(17-12-10-16(24)11-13-17)21-18-7-4-5-8-20(18)28-23(2,3)22(21)26/h4-15,21-22,26H,1-3H3. The van der Waals surface area contributed by atoms with Crippen molar-refractivity contribution in [2.45, 2.75) is 44.6 Å². The van der Waals surface area contributed by atoms with Crippen molar-refractivity contribution in [2.75, 3.05) is 4.90 Å². The van der Waals surface area contributed by atoms with Gasteiger partial charge in [0, 0.05) is 11.3 Å². The minimum atomic E-state index is -0.815. The fourth-order valence-corrected chi connectivity index (χ4v) is 3.92. The summed E-state index contributed by atoms with van der Waals surface area (Å²) in [6, 6.07) is 17.2. The van der Waals surface area contributed by atoms with Gasteiger partial charge in [-0.15, -0.1) is 0 Å². The number of rotatable bonds is 4. The van der Waals surface area contributed by atoms with Crippen LogP contribution in [0.15, 0.2) is 71.3 Å². The maximum atomic E-state index is 13.6. The molecule has 28 heavy (non-hydrogen) atoms. The van der Waals surface area contributed by atoms with Crippen molar-refractivity contribution < 1.29 is 18.7 Å². The van der Waals surface area contributed by atoms with Crippen LogP contribution in [0.3, 0.4) is 0 Å². The van der Waals surface area contributed by atoms with Crippen LogP contribution in [0.5, 0.6) is 5.75 Å². The van der Waals surface area contributed by atoms with Crippen LogP contribution in [0, 0.1) is 5.82 Å². The lowest BCUT2D eigenvalue weighted by Gasteiger charge is -2.48. The normalized spacial score (nSPS) is 21.5. The first-order chi connectivity index (χ1) is 13.4. The summed E-state index contributed by atoms with van der Waals surface area (Å²) in [7, 11) is 0. The van der Waals surface area contributed by atoms with E-state index in [9.17, 15) is 9.50 Å². The monoisotopic (exact) mass is 381 g/mol. The van der Waals surface area contributed by atoms with Gasteiger partial charge in [-0.1, -0.05) is 18.2 Å². The van der Waals surface area contributed by atoms with E-state index < -0.39 is 17.7 Å². The van der Waals surface area contributed by atoms with Gasteiger partial charge in [-0.3, -0.25) is 0 Å². The molecule has 3 aromatic rings. The zero-order valence-corrected chi connectivity index (χ0v) is 16.2. The van der Waals surface area contributed by atoms with Gasteiger partial charge in [-0.05, 0) is 63.2 Å². The molecule has 1 aliphatic rings. The number of nitrogens with zero attached hydrogens (tertiary/aromatic N) is 1. The van der Waals surface area contributed by atoms with E-state index >= 15 is 0 Å². The van der Waals surface area contributed by atoms with E-state index in [1.807, 2.05) is 57.2 Å². The SMILES string of the molecule is CC(c1ccco1)N(c1ccc(F)cc1)C1c2ccccc2OC(C)(C)C1O. The molecule has 0 saturated carbocycles. The maximum absolute atomic E-state index is 13.6. The van der Waals surface area contributed by atoms with Crippen LogP contribution in [0.4, 0.5) is 10.1 Å². The summed E-state index contributed by atoms with van der Waals surface area (Å²) in [5.74, 6) is 1.20. The van der Waals surface area contributed by atoms with E-state index in [0.29, 0.717) is 0 Å². The molecule has 0 amide bonds. The number of benzene rings is 2. The van der Waals surface area contributed by atoms with Crippen molar-refractivity contribution >= 4 is 5.69 Å². The predicted molar refractivity (Wildman–Crippen MR) is 106 cm³/mol. The summed E-state index contributed by atoms with van der Waals surface area (Å²) in [5.41, 5.74) is 0.888. The first-order valence-corrected chi connectivity index (χ1v) is 9.42. The Bertz CT molecular complexity index is 937. The summed E-state index contributed by atoms with van der Waals surface area (Å²) in [6.07, 6.45) is 0.817. The Kier molecular flexibility index (Phi) is 4.63. The predicted octanol–water partition coefficient (Wildman–Crippen LogP) is 5.26. The largest absolute Gasteiger partial charge is 0.485 e. The molecule has 3 atom stereocenters. The van der Waals surface area contributed by atoms with Gasteiger partial charge in [0.2, 0.25) is 0 Å². The second kappa shape index (κ2) is 6.99. The lowest BCUT2D eigenvalue weighted by molar-refractivity contribution is -0.0600. The Morgan fingerprint density at radius 2 is 1.75 bits per heavy atom. The molecular weight excluding hydrogens is 357 g/mol. The van der Waals surface area contributed by atoms with Crippen LogP contribution in [0.25, 0.3) is 0 Å². The maximum Gasteiger partial charge on any atom is 0.132 e. The van der Waals surface area contributed by atoms with Crippen molar-refractivity contribution in [3.63, 3.8) is 0 Å². The number of anilines is 1. The fourth-order valence-electron chi connectivity index (χ4n) is 3.92. The second-order valence-corrected chi connectivity index (χ2v) is 7.71. The Morgan fingerprint density at radius 1 is 1.04 bits per heavy atom. The van der Waals surface area contributed by atoms with Gasteiger partial charge in [0.15, 0.2) is 0 Å². The molecule has 4 nitrogen and oxygen atoms in total. The minimum Gasteiger partial charge on any atom is -0.485 e. The van der Waals surface area contributed by atoms with Crippen molar-refractivity contribution in [1.82, 2.24) is 0 Å². The van der Waals surface area contributed by atoms with Gasteiger partial charge >= 0.3 is 0 Å². The molecule has 0 aliphatic carbocycles. The highest BCUT2D eigenvalue weighted by Crippen LogP contribution is 2.47. The molecule has 2 heterocycles. The molecule has 4 rings (SSSR count). The second-order valence-electron chi connectivity index (χ2n) is 7.71. The van der Waals surface area contributed by atoms with Crippen molar-refractivity contribution in [1.29, 1.82) is 0 Å². The fraction of sp³-hybridized carbons (Fsp3) is 0.304. The first-order valence-electron chi connectivity index (χ1n) is 9.42. The topological polar surface area (TPSA) is 45.8 Å². The third-order valence-electron chi connectivity index (χ3n) is 5.42. The third-order valence-corrected chi connectivity index (χ3v) is 5.42.